The van der Waals surface area contributed by atoms with Gasteiger partial charge in [0, 0.05) is 5.41 Å². The van der Waals surface area contributed by atoms with Gasteiger partial charge in [0.2, 0.25) is 0 Å². The van der Waals surface area contributed by atoms with E-state index in [0.717, 1.165) is 50.7 Å². The number of rotatable bonds is 7. The average molecular weight is 503 g/mol. The molecule has 36 heavy (non-hydrogen) atoms. The first-order valence-corrected chi connectivity index (χ1v) is 13.5. The molecule has 0 bridgehead atoms. The number of nitrogens with zero attached hydrogens (tertiary/aromatic N) is 1. The third kappa shape index (κ3) is 4.29. The van der Waals surface area contributed by atoms with Crippen LogP contribution in [0.2, 0.25) is 0 Å². The number of carboxylic acids is 1. The van der Waals surface area contributed by atoms with E-state index < -0.39 is 23.5 Å². The third-order valence-corrected chi connectivity index (χ3v) is 10.3. The molecule has 0 aliphatic heterocycles. The standard InChI is InChI=1S/C28H42N2O6/c1-16(2)24(25(33)34)29-23(32)15-36-30-19-8-11-26(4)18(14-19)6-7-20-21(26)9-12-27(5)22(20)10-13-28(27,35)17(3)31/h14,16,20-22,24,35H,6-13,15H2,1-5H3,(H,29,32)(H,33,34)/b30-19+. The van der Waals surface area contributed by atoms with Crippen molar-refractivity contribution in [1.82, 2.24) is 5.32 Å². The molecule has 1 amide bonds. The van der Waals surface area contributed by atoms with E-state index in [9.17, 15) is 24.6 Å². The van der Waals surface area contributed by atoms with Crippen LogP contribution >= 0.6 is 0 Å². The summed E-state index contributed by atoms with van der Waals surface area (Å²) in [6.45, 7) is 9.23. The number of aliphatic carboxylic acids is 1. The van der Waals surface area contributed by atoms with E-state index in [1.54, 1.807) is 20.8 Å². The van der Waals surface area contributed by atoms with Gasteiger partial charge in [0.25, 0.3) is 5.91 Å². The van der Waals surface area contributed by atoms with Gasteiger partial charge in [0.05, 0.1) is 5.71 Å². The first-order valence-electron chi connectivity index (χ1n) is 13.5. The maximum Gasteiger partial charge on any atom is 0.326 e. The number of amides is 1. The Bertz CT molecular complexity index is 989. The highest BCUT2D eigenvalue weighted by atomic mass is 16.6. The van der Waals surface area contributed by atoms with Crippen LogP contribution in [-0.2, 0) is 19.2 Å². The number of hydrogen-bond acceptors (Lipinski definition) is 6. The topological polar surface area (TPSA) is 125 Å². The summed E-state index contributed by atoms with van der Waals surface area (Å²) in [6, 6.07) is -0.954. The van der Waals surface area contributed by atoms with E-state index in [1.807, 2.05) is 0 Å². The summed E-state index contributed by atoms with van der Waals surface area (Å²) >= 11 is 0. The molecule has 200 valence electrons. The van der Waals surface area contributed by atoms with Gasteiger partial charge in [0.1, 0.15) is 11.6 Å². The van der Waals surface area contributed by atoms with Gasteiger partial charge < -0.3 is 20.4 Å². The molecule has 8 nitrogen and oxygen atoms in total. The molecular weight excluding hydrogens is 460 g/mol. The van der Waals surface area contributed by atoms with Crippen molar-refractivity contribution in [3.8, 4) is 0 Å². The zero-order valence-electron chi connectivity index (χ0n) is 22.3. The highest BCUT2D eigenvalue weighted by Gasteiger charge is 2.65. The van der Waals surface area contributed by atoms with Gasteiger partial charge in [-0.25, -0.2) is 4.79 Å². The highest BCUT2D eigenvalue weighted by Crippen LogP contribution is 2.67. The summed E-state index contributed by atoms with van der Waals surface area (Å²) in [5.74, 6) is -0.455. The Morgan fingerprint density at radius 2 is 1.81 bits per heavy atom. The van der Waals surface area contributed by atoms with Crippen molar-refractivity contribution in [2.45, 2.75) is 97.6 Å². The van der Waals surface area contributed by atoms with E-state index in [-0.39, 0.29) is 29.1 Å². The maximum atomic E-state index is 12.4. The van der Waals surface area contributed by atoms with Crippen LogP contribution in [0.3, 0.4) is 0 Å². The normalized spacial score (nSPS) is 39.5. The van der Waals surface area contributed by atoms with Gasteiger partial charge in [-0.3, -0.25) is 9.59 Å². The van der Waals surface area contributed by atoms with E-state index in [4.69, 9.17) is 4.84 Å². The van der Waals surface area contributed by atoms with Crippen molar-refractivity contribution in [2.75, 3.05) is 6.61 Å². The molecule has 4 aliphatic rings. The second kappa shape index (κ2) is 9.58. The second-order valence-corrected chi connectivity index (χ2v) is 12.4. The molecule has 4 aliphatic carbocycles. The number of aliphatic hydroxyl groups is 1. The molecular formula is C28H42N2O6. The molecule has 8 heteroatoms. The van der Waals surface area contributed by atoms with Crippen LogP contribution in [0.15, 0.2) is 16.8 Å². The predicted molar refractivity (Wildman–Crippen MR) is 135 cm³/mol. The quantitative estimate of drug-likeness (QED) is 0.454. The number of carbonyl (C=O) groups is 3. The van der Waals surface area contributed by atoms with E-state index in [2.05, 4.69) is 30.4 Å². The minimum Gasteiger partial charge on any atom is -0.480 e. The summed E-state index contributed by atoms with van der Waals surface area (Å²) in [7, 11) is 0. The first-order chi connectivity index (χ1) is 16.8. The minimum absolute atomic E-state index is 0.0730. The summed E-state index contributed by atoms with van der Waals surface area (Å²) < 4.78 is 0. The van der Waals surface area contributed by atoms with Crippen molar-refractivity contribution in [3.63, 3.8) is 0 Å². The lowest BCUT2D eigenvalue weighted by Crippen LogP contribution is -2.57. The molecule has 0 aromatic heterocycles. The number of fused-ring (bicyclic) bond motifs is 5. The molecule has 0 spiro atoms. The Labute approximate surface area is 213 Å². The van der Waals surface area contributed by atoms with Gasteiger partial charge >= 0.3 is 5.97 Å². The van der Waals surface area contributed by atoms with Crippen LogP contribution in [0.1, 0.15) is 86.0 Å². The number of allylic oxidation sites excluding steroid dienone is 2. The van der Waals surface area contributed by atoms with Crippen molar-refractivity contribution < 1.29 is 29.4 Å². The van der Waals surface area contributed by atoms with Crippen molar-refractivity contribution in [2.24, 2.45) is 39.7 Å². The van der Waals surface area contributed by atoms with E-state index in [1.165, 1.54) is 5.57 Å². The third-order valence-electron chi connectivity index (χ3n) is 10.3. The Kier molecular flexibility index (Phi) is 7.14. The van der Waals surface area contributed by atoms with Crippen molar-refractivity contribution >= 4 is 23.4 Å². The Morgan fingerprint density at radius 3 is 2.44 bits per heavy atom. The Hall–Kier alpha value is -2.22. The molecule has 0 aromatic carbocycles. The maximum absolute atomic E-state index is 12.4. The van der Waals surface area contributed by atoms with Gasteiger partial charge in [-0.15, -0.1) is 0 Å². The number of hydrogen-bond donors (Lipinski definition) is 3. The molecule has 3 fully saturated rings. The molecule has 0 heterocycles. The number of carbonyl (C=O) groups excluding carboxylic acids is 2. The molecule has 7 unspecified atom stereocenters. The molecule has 0 radical (unpaired) electrons. The highest BCUT2D eigenvalue weighted by molar-refractivity contribution is 5.96. The minimum atomic E-state index is -1.19. The lowest BCUT2D eigenvalue weighted by molar-refractivity contribution is -0.159. The van der Waals surface area contributed by atoms with E-state index in [0.29, 0.717) is 24.2 Å². The van der Waals surface area contributed by atoms with Crippen LogP contribution in [0, 0.1) is 34.5 Å². The Morgan fingerprint density at radius 1 is 1.11 bits per heavy atom. The van der Waals surface area contributed by atoms with Crippen LogP contribution < -0.4 is 5.32 Å². The zero-order valence-corrected chi connectivity index (χ0v) is 22.3. The van der Waals surface area contributed by atoms with Crippen LogP contribution in [0.5, 0.6) is 0 Å². The molecule has 0 aromatic rings. The largest absolute Gasteiger partial charge is 0.480 e. The van der Waals surface area contributed by atoms with Gasteiger partial charge in [-0.1, -0.05) is 38.4 Å². The number of ketones is 1. The first kappa shape index (κ1) is 26.8. The van der Waals surface area contributed by atoms with Crippen LogP contribution in [0.25, 0.3) is 0 Å². The lowest BCUT2D eigenvalue weighted by atomic mass is 9.46. The number of carboxylic acid groups (broad SMARTS) is 1. The van der Waals surface area contributed by atoms with Gasteiger partial charge in [-0.2, -0.15) is 0 Å². The molecule has 0 saturated heterocycles. The van der Waals surface area contributed by atoms with Gasteiger partial charge in [-0.05, 0) is 93.5 Å². The lowest BCUT2D eigenvalue weighted by Gasteiger charge is -2.59. The summed E-state index contributed by atoms with van der Waals surface area (Å²) in [6.07, 6.45) is 9.29. The predicted octanol–water partition coefficient (Wildman–Crippen LogP) is 3.87. The van der Waals surface area contributed by atoms with Crippen molar-refractivity contribution in [3.05, 3.63) is 11.6 Å². The second-order valence-electron chi connectivity index (χ2n) is 12.4. The fourth-order valence-corrected chi connectivity index (χ4v) is 8.14. The van der Waals surface area contributed by atoms with Gasteiger partial charge in [0.15, 0.2) is 12.4 Å². The molecule has 3 saturated carbocycles. The van der Waals surface area contributed by atoms with Crippen LogP contribution in [0.4, 0.5) is 0 Å². The summed E-state index contributed by atoms with van der Waals surface area (Å²) in [5, 5.41) is 27.2. The smallest absolute Gasteiger partial charge is 0.326 e. The molecule has 4 rings (SSSR count). The van der Waals surface area contributed by atoms with Crippen molar-refractivity contribution in [1.29, 1.82) is 0 Å². The van der Waals surface area contributed by atoms with Crippen LogP contribution in [-0.4, -0.2) is 51.8 Å². The molecule has 3 N–H and O–H groups in total. The number of nitrogens with one attached hydrogen (secondary N) is 1. The monoisotopic (exact) mass is 502 g/mol. The fourth-order valence-electron chi connectivity index (χ4n) is 8.14. The number of Topliss-reactive ketones (excluding diaryl/α,β-unsaturated/α-hetero) is 1. The average Bonchev–Trinajstić information content (AvgIpc) is 3.09. The Balaban J connectivity index is 1.42. The SMILES string of the molecule is CC(=O)C1(O)CCC2C3CCC4=C/C(=N/OCC(=O)NC(C(=O)O)C(C)C)CCC4(C)C3CCC21C. The summed E-state index contributed by atoms with van der Waals surface area (Å²) in [4.78, 5) is 41.1. The fraction of sp³-hybridized carbons (Fsp3) is 0.786. The summed E-state index contributed by atoms with van der Waals surface area (Å²) in [5.41, 5.74) is 0.761. The molecule has 7 atom stereocenters. The number of oxime groups is 1. The van der Waals surface area contributed by atoms with E-state index >= 15 is 0 Å². The zero-order chi connectivity index (χ0) is 26.5.